The fraction of sp³-hybridized carbons (Fsp3) is 0.500. The second-order valence-electron chi connectivity index (χ2n) is 5.38. The third kappa shape index (κ3) is 4.11. The Balaban J connectivity index is 2.01. The molecule has 0 bridgehead atoms. The number of aromatic nitrogens is 4. The highest BCUT2D eigenvalue weighted by Gasteiger charge is 2.14. The van der Waals surface area contributed by atoms with Gasteiger partial charge in [-0.3, -0.25) is 16.3 Å². The summed E-state index contributed by atoms with van der Waals surface area (Å²) in [7, 11) is 0. The molecule has 0 spiro atoms. The predicted octanol–water partition coefficient (Wildman–Crippen LogP) is 0.946. The molecule has 0 aliphatic carbocycles. The highest BCUT2D eigenvalue weighted by Crippen LogP contribution is 2.08. The van der Waals surface area contributed by atoms with Crippen LogP contribution in [0.5, 0.6) is 0 Å². The van der Waals surface area contributed by atoms with Gasteiger partial charge in [0.15, 0.2) is 0 Å². The van der Waals surface area contributed by atoms with Crippen molar-refractivity contribution >= 4 is 0 Å². The lowest BCUT2D eigenvalue weighted by molar-refractivity contribution is 0.441. The Kier molecular flexibility index (Phi) is 5.20. The average Bonchev–Trinajstić information content (AvgIpc) is 2.85. The van der Waals surface area contributed by atoms with Crippen LogP contribution in [-0.4, -0.2) is 25.8 Å². The third-order valence-electron chi connectivity index (χ3n) is 3.13. The molecule has 2 heterocycles. The summed E-state index contributed by atoms with van der Waals surface area (Å²) in [5.74, 6) is 7.18. The lowest BCUT2D eigenvalue weighted by Crippen LogP contribution is -2.39. The van der Waals surface area contributed by atoms with Gasteiger partial charge in [0, 0.05) is 31.4 Å². The van der Waals surface area contributed by atoms with E-state index in [0.717, 1.165) is 25.2 Å². The molecule has 20 heavy (non-hydrogen) atoms. The van der Waals surface area contributed by atoms with Gasteiger partial charge in [0.05, 0.1) is 0 Å². The minimum atomic E-state index is 0.132. The number of hydrogen-bond donors (Lipinski definition) is 2. The number of hydrazine groups is 1. The quantitative estimate of drug-likeness (QED) is 0.580. The van der Waals surface area contributed by atoms with Gasteiger partial charge in [-0.15, -0.1) is 0 Å². The van der Waals surface area contributed by atoms with E-state index in [1.807, 2.05) is 16.8 Å². The second kappa shape index (κ2) is 7.12. The Morgan fingerprint density at radius 3 is 2.65 bits per heavy atom. The summed E-state index contributed by atoms with van der Waals surface area (Å²) >= 11 is 0. The Morgan fingerprint density at radius 1 is 1.25 bits per heavy atom. The molecule has 0 aliphatic rings. The number of hydrogen-bond acceptors (Lipinski definition) is 5. The van der Waals surface area contributed by atoms with Crippen LogP contribution in [0.2, 0.25) is 0 Å². The summed E-state index contributed by atoms with van der Waals surface area (Å²) < 4.78 is 1.96. The molecule has 2 aromatic rings. The van der Waals surface area contributed by atoms with Crippen molar-refractivity contribution < 1.29 is 0 Å². The van der Waals surface area contributed by atoms with Gasteiger partial charge in [-0.05, 0) is 30.0 Å². The molecule has 0 amide bonds. The monoisotopic (exact) mass is 274 g/mol. The molecule has 108 valence electrons. The summed E-state index contributed by atoms with van der Waals surface area (Å²) in [5, 5.41) is 4.28. The van der Waals surface area contributed by atoms with Crippen molar-refractivity contribution in [1.82, 2.24) is 25.2 Å². The van der Waals surface area contributed by atoms with Crippen molar-refractivity contribution in [3.05, 3.63) is 42.2 Å². The van der Waals surface area contributed by atoms with E-state index in [1.54, 1.807) is 18.7 Å². The van der Waals surface area contributed by atoms with Crippen molar-refractivity contribution in [1.29, 1.82) is 0 Å². The zero-order valence-electron chi connectivity index (χ0n) is 12.0. The maximum absolute atomic E-state index is 5.67. The summed E-state index contributed by atoms with van der Waals surface area (Å²) in [6, 6.07) is 4.14. The molecule has 0 aromatic carbocycles. The molecule has 6 nitrogen and oxygen atoms in total. The van der Waals surface area contributed by atoms with Gasteiger partial charge in [-0.2, -0.15) is 5.10 Å². The minimum absolute atomic E-state index is 0.132. The van der Waals surface area contributed by atoms with E-state index in [9.17, 15) is 0 Å². The van der Waals surface area contributed by atoms with E-state index >= 15 is 0 Å². The number of rotatable bonds is 7. The van der Waals surface area contributed by atoms with E-state index in [0.29, 0.717) is 5.92 Å². The van der Waals surface area contributed by atoms with Crippen LogP contribution in [0.1, 0.15) is 25.2 Å². The maximum atomic E-state index is 5.67. The number of nitrogens with one attached hydrogen (secondary N) is 1. The Hall–Kier alpha value is -1.79. The van der Waals surface area contributed by atoms with Crippen LogP contribution in [0, 0.1) is 5.92 Å². The predicted molar refractivity (Wildman–Crippen MR) is 77.6 cm³/mol. The molecule has 0 saturated heterocycles. The fourth-order valence-corrected chi connectivity index (χ4v) is 2.16. The molecular weight excluding hydrogens is 252 g/mol. The van der Waals surface area contributed by atoms with Crippen LogP contribution >= 0.6 is 0 Å². The standard InChI is InChI=1S/C14H22N6/c1-11(2)9-20-14(17-10-18-20)8-13(19-15)7-12-3-5-16-6-4-12/h3-6,10-11,13,19H,7-9,15H2,1-2H3. The largest absolute Gasteiger partial charge is 0.271 e. The molecule has 3 N–H and O–H groups in total. The topological polar surface area (TPSA) is 81.7 Å². The van der Waals surface area contributed by atoms with Gasteiger partial charge in [0.2, 0.25) is 0 Å². The van der Waals surface area contributed by atoms with Crippen LogP contribution < -0.4 is 11.3 Å². The van der Waals surface area contributed by atoms with Crippen molar-refractivity contribution in [3.8, 4) is 0 Å². The Bertz CT molecular complexity index is 507. The van der Waals surface area contributed by atoms with Crippen molar-refractivity contribution in [2.24, 2.45) is 11.8 Å². The van der Waals surface area contributed by atoms with E-state index in [4.69, 9.17) is 5.84 Å². The molecule has 0 saturated carbocycles. The van der Waals surface area contributed by atoms with Gasteiger partial charge in [0.1, 0.15) is 12.2 Å². The summed E-state index contributed by atoms with van der Waals surface area (Å²) in [5.41, 5.74) is 4.07. The summed E-state index contributed by atoms with van der Waals surface area (Å²) in [6.45, 7) is 5.21. The first-order valence-corrected chi connectivity index (χ1v) is 6.90. The second-order valence-corrected chi connectivity index (χ2v) is 5.38. The van der Waals surface area contributed by atoms with Crippen LogP contribution in [0.25, 0.3) is 0 Å². The van der Waals surface area contributed by atoms with E-state index in [1.165, 1.54) is 5.56 Å². The average molecular weight is 274 g/mol. The van der Waals surface area contributed by atoms with E-state index in [2.05, 4.69) is 34.3 Å². The zero-order chi connectivity index (χ0) is 14.4. The molecule has 1 unspecified atom stereocenters. The Morgan fingerprint density at radius 2 is 2.00 bits per heavy atom. The highest BCUT2D eigenvalue weighted by atomic mass is 15.3. The lowest BCUT2D eigenvalue weighted by atomic mass is 10.0. The van der Waals surface area contributed by atoms with Crippen LogP contribution in [0.4, 0.5) is 0 Å². The summed E-state index contributed by atoms with van der Waals surface area (Å²) in [4.78, 5) is 8.37. The lowest BCUT2D eigenvalue weighted by Gasteiger charge is -2.16. The molecule has 0 aliphatic heterocycles. The van der Waals surface area contributed by atoms with Gasteiger partial charge >= 0.3 is 0 Å². The SMILES string of the molecule is CC(C)Cn1ncnc1CC(Cc1ccncc1)NN. The smallest absolute Gasteiger partial charge is 0.138 e. The molecule has 6 heteroatoms. The van der Waals surface area contributed by atoms with Crippen LogP contribution in [-0.2, 0) is 19.4 Å². The molecule has 2 aromatic heterocycles. The number of nitrogens with two attached hydrogens (primary N) is 1. The molecule has 0 fully saturated rings. The van der Waals surface area contributed by atoms with Gasteiger partial charge < -0.3 is 0 Å². The van der Waals surface area contributed by atoms with Crippen LogP contribution in [0.3, 0.4) is 0 Å². The zero-order valence-corrected chi connectivity index (χ0v) is 12.0. The summed E-state index contributed by atoms with van der Waals surface area (Å²) in [6.07, 6.45) is 6.80. The normalized spacial score (nSPS) is 12.8. The maximum Gasteiger partial charge on any atom is 0.138 e. The molecule has 1 atom stereocenters. The highest BCUT2D eigenvalue weighted by molar-refractivity contribution is 5.12. The van der Waals surface area contributed by atoms with Gasteiger partial charge in [-0.1, -0.05) is 13.8 Å². The molecular formula is C14H22N6. The molecule has 0 radical (unpaired) electrons. The van der Waals surface area contributed by atoms with Gasteiger partial charge in [-0.25, -0.2) is 9.67 Å². The third-order valence-corrected chi connectivity index (χ3v) is 3.13. The first-order chi connectivity index (χ1) is 9.69. The number of nitrogens with zero attached hydrogens (tertiary/aromatic N) is 4. The fourth-order valence-electron chi connectivity index (χ4n) is 2.16. The van der Waals surface area contributed by atoms with Crippen molar-refractivity contribution in [2.45, 2.75) is 39.3 Å². The van der Waals surface area contributed by atoms with E-state index < -0.39 is 0 Å². The number of pyridine rings is 1. The van der Waals surface area contributed by atoms with E-state index in [-0.39, 0.29) is 6.04 Å². The van der Waals surface area contributed by atoms with Crippen molar-refractivity contribution in [3.63, 3.8) is 0 Å². The first kappa shape index (κ1) is 14.6. The van der Waals surface area contributed by atoms with Gasteiger partial charge in [0.25, 0.3) is 0 Å². The first-order valence-electron chi connectivity index (χ1n) is 6.90. The Labute approximate surface area is 119 Å². The minimum Gasteiger partial charge on any atom is -0.271 e. The van der Waals surface area contributed by atoms with Crippen LogP contribution in [0.15, 0.2) is 30.9 Å². The van der Waals surface area contributed by atoms with Crippen molar-refractivity contribution in [2.75, 3.05) is 0 Å². The molecule has 2 rings (SSSR count).